The van der Waals surface area contributed by atoms with Gasteiger partial charge in [-0.15, -0.1) is 0 Å². The maximum atomic E-state index is 10.6. The first-order chi connectivity index (χ1) is 12.8. The predicted octanol–water partition coefficient (Wildman–Crippen LogP) is 5.54. The average Bonchev–Trinajstić information content (AvgIpc) is 2.96. The lowest BCUT2D eigenvalue weighted by molar-refractivity contribution is -0.139. The minimum atomic E-state index is -1.04. The molecule has 0 unspecified atom stereocenters. The number of ether oxygens (including phenoxy) is 2. The lowest BCUT2D eigenvalue weighted by Crippen LogP contribution is -2.09. The Kier molecular flexibility index (Phi) is 6.06. The summed E-state index contributed by atoms with van der Waals surface area (Å²) in [6, 6.07) is 9.01. The van der Waals surface area contributed by atoms with E-state index in [0.717, 1.165) is 23.3 Å². The van der Waals surface area contributed by atoms with Gasteiger partial charge in [0.05, 0.1) is 20.0 Å². The van der Waals surface area contributed by atoms with Crippen molar-refractivity contribution in [1.29, 1.82) is 0 Å². The largest absolute Gasteiger partial charge is 0.482 e. The van der Waals surface area contributed by atoms with Crippen LogP contribution < -0.4 is 9.47 Å². The number of benzene rings is 2. The molecular weight excluding hydrogens is 480 g/mol. The first kappa shape index (κ1) is 19.7. The molecular formula is C19H18Br2N2O4. The highest BCUT2D eigenvalue weighted by Gasteiger charge is 2.13. The molecule has 0 radical (unpaired) electrons. The number of nitrogens with one attached hydrogen (secondary N) is 1. The van der Waals surface area contributed by atoms with Crippen molar-refractivity contribution in [3.8, 4) is 17.2 Å². The SMILES string of the molecule is CC(C)Cc1nc2cc(Oc3c(Br)cc(OCC(=O)O)cc3Br)ccc2[nH]1. The molecule has 0 atom stereocenters. The van der Waals surface area contributed by atoms with Crippen molar-refractivity contribution in [2.45, 2.75) is 20.3 Å². The molecule has 1 aromatic heterocycles. The number of nitrogens with zero attached hydrogens (tertiary/aromatic N) is 1. The number of aromatic amines is 1. The molecule has 0 aliphatic carbocycles. The van der Waals surface area contributed by atoms with Crippen LogP contribution in [0.25, 0.3) is 11.0 Å². The van der Waals surface area contributed by atoms with Crippen LogP contribution in [0, 0.1) is 5.92 Å². The van der Waals surface area contributed by atoms with Gasteiger partial charge in [0.25, 0.3) is 0 Å². The third-order valence-corrected chi connectivity index (χ3v) is 4.84. The van der Waals surface area contributed by atoms with E-state index in [1.165, 1.54) is 0 Å². The van der Waals surface area contributed by atoms with E-state index in [1.54, 1.807) is 12.1 Å². The number of carbonyl (C=O) groups is 1. The Labute approximate surface area is 173 Å². The third-order valence-electron chi connectivity index (χ3n) is 3.66. The number of fused-ring (bicyclic) bond motifs is 1. The molecule has 27 heavy (non-hydrogen) atoms. The summed E-state index contributed by atoms with van der Waals surface area (Å²) in [6.45, 7) is 3.90. The van der Waals surface area contributed by atoms with Gasteiger partial charge >= 0.3 is 5.97 Å². The van der Waals surface area contributed by atoms with Crippen LogP contribution in [0.2, 0.25) is 0 Å². The summed E-state index contributed by atoms with van der Waals surface area (Å²) in [5.41, 5.74) is 1.81. The number of aliphatic carboxylic acids is 1. The van der Waals surface area contributed by atoms with Gasteiger partial charge in [0.2, 0.25) is 0 Å². The quantitative estimate of drug-likeness (QED) is 0.447. The molecule has 0 aliphatic rings. The van der Waals surface area contributed by atoms with Crippen LogP contribution in [0.3, 0.4) is 0 Å². The Bertz CT molecular complexity index is 962. The van der Waals surface area contributed by atoms with Gasteiger partial charge in [-0.05, 0) is 62.0 Å². The fourth-order valence-corrected chi connectivity index (χ4v) is 3.87. The van der Waals surface area contributed by atoms with Crippen LogP contribution >= 0.6 is 31.9 Å². The zero-order valence-corrected chi connectivity index (χ0v) is 17.9. The summed E-state index contributed by atoms with van der Waals surface area (Å²) < 4.78 is 12.5. The summed E-state index contributed by atoms with van der Waals surface area (Å²) >= 11 is 6.88. The lowest BCUT2D eigenvalue weighted by Gasteiger charge is -2.12. The van der Waals surface area contributed by atoms with Gasteiger partial charge in [-0.25, -0.2) is 9.78 Å². The van der Waals surface area contributed by atoms with Gasteiger partial charge in [-0.3, -0.25) is 0 Å². The Balaban J connectivity index is 1.82. The van der Waals surface area contributed by atoms with E-state index in [4.69, 9.17) is 14.6 Å². The maximum absolute atomic E-state index is 10.6. The highest BCUT2D eigenvalue weighted by molar-refractivity contribution is 9.11. The summed E-state index contributed by atoms with van der Waals surface area (Å²) in [4.78, 5) is 18.6. The van der Waals surface area contributed by atoms with Crippen molar-refractivity contribution in [2.75, 3.05) is 6.61 Å². The molecule has 3 aromatic rings. The van der Waals surface area contributed by atoms with Gasteiger partial charge in [0, 0.05) is 12.5 Å². The zero-order chi connectivity index (χ0) is 19.6. The number of carboxylic acids is 1. The maximum Gasteiger partial charge on any atom is 0.341 e. The number of imidazole rings is 1. The predicted molar refractivity (Wildman–Crippen MR) is 110 cm³/mol. The van der Waals surface area contributed by atoms with Gasteiger partial charge in [-0.1, -0.05) is 13.8 Å². The van der Waals surface area contributed by atoms with Crippen molar-refractivity contribution in [3.63, 3.8) is 0 Å². The molecule has 0 fully saturated rings. The van der Waals surface area contributed by atoms with Crippen molar-refractivity contribution in [3.05, 3.63) is 45.1 Å². The van der Waals surface area contributed by atoms with E-state index in [2.05, 4.69) is 55.7 Å². The van der Waals surface area contributed by atoms with Crippen molar-refractivity contribution in [2.24, 2.45) is 5.92 Å². The second-order valence-corrected chi connectivity index (χ2v) is 8.17. The number of hydrogen-bond acceptors (Lipinski definition) is 4. The molecule has 0 bridgehead atoms. The third kappa shape index (κ3) is 5.01. The monoisotopic (exact) mass is 496 g/mol. The van der Waals surface area contributed by atoms with Crippen molar-refractivity contribution in [1.82, 2.24) is 9.97 Å². The van der Waals surface area contributed by atoms with Crippen LogP contribution in [0.15, 0.2) is 39.3 Å². The Morgan fingerprint density at radius 3 is 2.52 bits per heavy atom. The molecule has 0 aliphatic heterocycles. The van der Waals surface area contributed by atoms with Gasteiger partial charge in [0.15, 0.2) is 12.4 Å². The first-order valence-corrected chi connectivity index (χ1v) is 9.90. The van der Waals surface area contributed by atoms with E-state index >= 15 is 0 Å². The lowest BCUT2D eigenvalue weighted by atomic mass is 10.1. The molecule has 1 heterocycles. The van der Waals surface area contributed by atoms with Crippen LogP contribution in [0.1, 0.15) is 19.7 Å². The standard InChI is InChI=1S/C19H18Br2N2O4/c1-10(2)5-17-22-15-4-3-11(8-16(15)23-17)27-19-13(20)6-12(7-14(19)21)26-9-18(24)25/h3-4,6-8,10H,5,9H2,1-2H3,(H,22,23)(H,24,25). The van der Waals surface area contributed by atoms with Crippen molar-refractivity contribution >= 4 is 48.9 Å². The second-order valence-electron chi connectivity index (χ2n) is 6.46. The fourth-order valence-electron chi connectivity index (χ4n) is 2.57. The summed E-state index contributed by atoms with van der Waals surface area (Å²) in [7, 11) is 0. The van der Waals surface area contributed by atoms with Crippen LogP contribution in [0.4, 0.5) is 0 Å². The van der Waals surface area contributed by atoms with E-state index in [-0.39, 0.29) is 0 Å². The highest BCUT2D eigenvalue weighted by atomic mass is 79.9. The topological polar surface area (TPSA) is 84.4 Å². The number of carboxylic acid groups (broad SMARTS) is 1. The summed E-state index contributed by atoms with van der Waals surface area (Å²) in [6.07, 6.45) is 0.889. The van der Waals surface area contributed by atoms with Crippen molar-refractivity contribution < 1.29 is 19.4 Å². The molecule has 3 rings (SSSR count). The Morgan fingerprint density at radius 1 is 1.19 bits per heavy atom. The number of H-pyrrole nitrogens is 1. The minimum absolute atomic E-state index is 0.409. The van der Waals surface area contributed by atoms with E-state index in [0.29, 0.717) is 32.1 Å². The molecule has 2 aromatic carbocycles. The molecule has 8 heteroatoms. The zero-order valence-electron chi connectivity index (χ0n) is 14.8. The average molecular weight is 498 g/mol. The number of rotatable bonds is 7. The van der Waals surface area contributed by atoms with Crippen LogP contribution in [0.5, 0.6) is 17.2 Å². The first-order valence-electron chi connectivity index (χ1n) is 8.32. The fraction of sp³-hybridized carbons (Fsp3) is 0.263. The molecule has 6 nitrogen and oxygen atoms in total. The van der Waals surface area contributed by atoms with Crippen LogP contribution in [-0.2, 0) is 11.2 Å². The smallest absolute Gasteiger partial charge is 0.341 e. The Hall–Kier alpha value is -2.06. The second kappa shape index (κ2) is 8.31. The number of hydrogen-bond donors (Lipinski definition) is 2. The van der Waals surface area contributed by atoms with E-state index in [1.807, 2.05) is 18.2 Å². The molecule has 0 amide bonds. The van der Waals surface area contributed by atoms with Gasteiger partial charge in [0.1, 0.15) is 17.3 Å². The molecule has 2 N–H and O–H groups in total. The van der Waals surface area contributed by atoms with E-state index < -0.39 is 12.6 Å². The van der Waals surface area contributed by atoms with E-state index in [9.17, 15) is 4.79 Å². The number of aromatic nitrogens is 2. The van der Waals surface area contributed by atoms with Gasteiger partial charge in [-0.2, -0.15) is 0 Å². The molecule has 142 valence electrons. The Morgan fingerprint density at radius 2 is 1.89 bits per heavy atom. The molecule has 0 spiro atoms. The summed E-state index contributed by atoms with van der Waals surface area (Å²) in [5, 5.41) is 8.72. The highest BCUT2D eigenvalue weighted by Crippen LogP contribution is 2.40. The molecule has 0 saturated carbocycles. The normalized spacial score (nSPS) is 11.1. The van der Waals surface area contributed by atoms with Gasteiger partial charge < -0.3 is 19.6 Å². The summed E-state index contributed by atoms with van der Waals surface area (Å²) in [5.74, 6) is 2.08. The minimum Gasteiger partial charge on any atom is -0.482 e. The van der Waals surface area contributed by atoms with Crippen LogP contribution in [-0.4, -0.2) is 27.7 Å². The molecule has 0 saturated heterocycles. The number of halogens is 2.